The van der Waals surface area contributed by atoms with Crippen LogP contribution in [0.4, 0.5) is 23.0 Å². The fourth-order valence-corrected chi connectivity index (χ4v) is 2.61. The molecule has 1 heterocycles. The highest BCUT2D eigenvalue weighted by Crippen LogP contribution is 2.26. The van der Waals surface area contributed by atoms with E-state index in [-0.39, 0.29) is 11.6 Å². The first kappa shape index (κ1) is 19.9. The summed E-state index contributed by atoms with van der Waals surface area (Å²) in [7, 11) is 1.57. The van der Waals surface area contributed by atoms with Crippen molar-refractivity contribution in [2.45, 2.75) is 19.8 Å². The average Bonchev–Trinajstić information content (AvgIpc) is 2.74. The van der Waals surface area contributed by atoms with E-state index in [1.54, 1.807) is 31.4 Å². The molecule has 0 saturated heterocycles. The van der Waals surface area contributed by atoms with Crippen LogP contribution in [0.3, 0.4) is 0 Å². The van der Waals surface area contributed by atoms with Crippen molar-refractivity contribution in [3.63, 3.8) is 0 Å². The zero-order valence-electron chi connectivity index (χ0n) is 16.6. The topological polar surface area (TPSA) is 114 Å². The monoisotopic (exact) mass is 392 g/mol. The third kappa shape index (κ3) is 4.92. The van der Waals surface area contributed by atoms with E-state index in [1.807, 2.05) is 12.1 Å². The third-order valence-corrected chi connectivity index (χ3v) is 4.37. The lowest BCUT2D eigenvalue weighted by molar-refractivity contribution is 0.0962. The van der Waals surface area contributed by atoms with Gasteiger partial charge in [0.05, 0.1) is 7.11 Å². The Labute approximate surface area is 169 Å². The van der Waals surface area contributed by atoms with Crippen LogP contribution in [0.2, 0.25) is 0 Å². The number of rotatable bonds is 7. The second kappa shape index (κ2) is 8.92. The normalized spacial score (nSPS) is 10.5. The van der Waals surface area contributed by atoms with Crippen molar-refractivity contribution in [3.8, 4) is 5.75 Å². The Hall–Kier alpha value is -3.81. The summed E-state index contributed by atoms with van der Waals surface area (Å²) in [5.41, 5.74) is 14.3. The number of nitrogens with zero attached hydrogens (tertiary/aromatic N) is 2. The van der Waals surface area contributed by atoms with E-state index in [4.69, 9.17) is 10.5 Å². The van der Waals surface area contributed by atoms with Gasteiger partial charge in [0.15, 0.2) is 11.6 Å². The zero-order chi connectivity index (χ0) is 20.8. The van der Waals surface area contributed by atoms with Gasteiger partial charge in [-0.3, -0.25) is 15.6 Å². The molecule has 0 radical (unpaired) electrons. The van der Waals surface area contributed by atoms with E-state index < -0.39 is 0 Å². The molecule has 0 fully saturated rings. The second-order valence-electron chi connectivity index (χ2n) is 6.69. The minimum atomic E-state index is -0.329. The second-order valence-corrected chi connectivity index (χ2v) is 6.69. The van der Waals surface area contributed by atoms with Crippen molar-refractivity contribution >= 4 is 28.9 Å². The third-order valence-electron chi connectivity index (χ3n) is 4.37. The molecular formula is C21H24N6O2. The number of nitrogens with one attached hydrogen (secondary N) is 3. The molecule has 1 amide bonds. The van der Waals surface area contributed by atoms with Gasteiger partial charge in [0.25, 0.3) is 5.91 Å². The largest absolute Gasteiger partial charge is 0.497 e. The molecule has 3 aromatic rings. The number of nitrogen functional groups attached to an aromatic ring is 1. The highest BCUT2D eigenvalue weighted by atomic mass is 16.5. The maximum atomic E-state index is 12.3. The Morgan fingerprint density at radius 3 is 2.28 bits per heavy atom. The number of aromatic nitrogens is 2. The first-order valence-corrected chi connectivity index (χ1v) is 9.15. The van der Waals surface area contributed by atoms with Crippen LogP contribution in [0.1, 0.15) is 35.7 Å². The van der Waals surface area contributed by atoms with Gasteiger partial charge in [-0.15, -0.1) is 0 Å². The van der Waals surface area contributed by atoms with Gasteiger partial charge in [-0.25, -0.2) is 9.97 Å². The minimum Gasteiger partial charge on any atom is -0.497 e. The van der Waals surface area contributed by atoms with Crippen LogP contribution < -0.4 is 26.6 Å². The van der Waals surface area contributed by atoms with E-state index in [9.17, 15) is 4.79 Å². The van der Waals surface area contributed by atoms with E-state index >= 15 is 0 Å². The Balaban J connectivity index is 1.67. The van der Waals surface area contributed by atoms with Crippen LogP contribution in [0.5, 0.6) is 5.75 Å². The van der Waals surface area contributed by atoms with Crippen LogP contribution in [0.25, 0.3) is 0 Å². The number of benzene rings is 2. The zero-order valence-corrected chi connectivity index (χ0v) is 16.6. The summed E-state index contributed by atoms with van der Waals surface area (Å²) in [5, 5.41) is 3.17. The summed E-state index contributed by atoms with van der Waals surface area (Å²) < 4.78 is 5.09. The average molecular weight is 392 g/mol. The SMILES string of the molecule is COc1ccc(C(=O)NNc2ncnc(Nc3ccc(C(C)C)cc3)c2N)cc1. The smallest absolute Gasteiger partial charge is 0.269 e. The Kier molecular flexibility index (Phi) is 6.13. The van der Waals surface area contributed by atoms with Crippen molar-refractivity contribution in [2.75, 3.05) is 23.6 Å². The molecule has 5 N–H and O–H groups in total. The number of methoxy groups -OCH3 is 1. The summed E-state index contributed by atoms with van der Waals surface area (Å²) in [4.78, 5) is 20.5. The molecule has 0 spiro atoms. The van der Waals surface area contributed by atoms with Crippen LogP contribution in [0.15, 0.2) is 54.9 Å². The quantitative estimate of drug-likeness (QED) is 0.453. The molecule has 0 aliphatic heterocycles. The maximum absolute atomic E-state index is 12.3. The molecule has 0 bridgehead atoms. The van der Waals surface area contributed by atoms with E-state index in [0.717, 1.165) is 5.69 Å². The van der Waals surface area contributed by atoms with Gasteiger partial charge < -0.3 is 15.8 Å². The molecule has 0 atom stereocenters. The van der Waals surface area contributed by atoms with Crippen molar-refractivity contribution in [1.82, 2.24) is 15.4 Å². The molecule has 1 aromatic heterocycles. The standard InChI is InChI=1S/C21H24N6O2/c1-13(2)14-4-8-16(9-5-14)25-19-18(22)20(24-12-23-19)26-27-21(28)15-6-10-17(29-3)11-7-15/h4-13H,22H2,1-3H3,(H,27,28)(H2,23,24,25,26). The van der Waals surface area contributed by atoms with Gasteiger partial charge in [-0.1, -0.05) is 26.0 Å². The molecule has 150 valence electrons. The lowest BCUT2D eigenvalue weighted by Gasteiger charge is -2.14. The van der Waals surface area contributed by atoms with Crippen LogP contribution in [0, 0.1) is 0 Å². The first-order valence-electron chi connectivity index (χ1n) is 9.15. The number of nitrogens with two attached hydrogens (primary N) is 1. The fourth-order valence-electron chi connectivity index (χ4n) is 2.61. The number of hydrogen-bond acceptors (Lipinski definition) is 7. The number of anilines is 4. The summed E-state index contributed by atoms with van der Waals surface area (Å²) in [6, 6.07) is 14.8. The summed E-state index contributed by atoms with van der Waals surface area (Å²) in [5.74, 6) is 1.54. The predicted octanol–water partition coefficient (Wildman–Crippen LogP) is 3.69. The van der Waals surface area contributed by atoms with Crippen molar-refractivity contribution in [2.24, 2.45) is 0 Å². The van der Waals surface area contributed by atoms with Crippen LogP contribution in [-0.4, -0.2) is 23.0 Å². The molecule has 2 aromatic carbocycles. The van der Waals surface area contributed by atoms with E-state index in [0.29, 0.717) is 28.9 Å². The molecule has 8 heteroatoms. The fraction of sp³-hybridized carbons (Fsp3) is 0.190. The predicted molar refractivity (Wildman–Crippen MR) is 114 cm³/mol. The number of hydrazine groups is 1. The Morgan fingerprint density at radius 2 is 1.66 bits per heavy atom. The van der Waals surface area contributed by atoms with Gasteiger partial charge in [0.2, 0.25) is 0 Å². The van der Waals surface area contributed by atoms with E-state index in [1.165, 1.54) is 11.9 Å². The molecule has 0 saturated carbocycles. The number of carbonyl (C=O) groups excluding carboxylic acids is 1. The van der Waals surface area contributed by atoms with E-state index in [2.05, 4.69) is 52.1 Å². The Morgan fingerprint density at radius 1 is 1.00 bits per heavy atom. The van der Waals surface area contributed by atoms with Gasteiger partial charge in [0.1, 0.15) is 17.8 Å². The lowest BCUT2D eigenvalue weighted by Crippen LogP contribution is -2.30. The number of hydrogen-bond donors (Lipinski definition) is 4. The minimum absolute atomic E-state index is 0.287. The van der Waals surface area contributed by atoms with Crippen molar-refractivity contribution < 1.29 is 9.53 Å². The van der Waals surface area contributed by atoms with Crippen LogP contribution >= 0.6 is 0 Å². The van der Waals surface area contributed by atoms with Crippen molar-refractivity contribution in [1.29, 1.82) is 0 Å². The number of carbonyl (C=O) groups is 1. The van der Waals surface area contributed by atoms with Gasteiger partial charge in [0, 0.05) is 11.3 Å². The highest BCUT2D eigenvalue weighted by Gasteiger charge is 2.11. The van der Waals surface area contributed by atoms with Crippen LogP contribution in [-0.2, 0) is 0 Å². The molecule has 0 unspecified atom stereocenters. The summed E-state index contributed by atoms with van der Waals surface area (Å²) >= 11 is 0. The molecule has 0 aliphatic rings. The highest BCUT2D eigenvalue weighted by molar-refractivity contribution is 5.95. The number of amides is 1. The van der Waals surface area contributed by atoms with Gasteiger partial charge in [-0.2, -0.15) is 0 Å². The molecule has 29 heavy (non-hydrogen) atoms. The molecular weight excluding hydrogens is 368 g/mol. The molecule has 8 nitrogen and oxygen atoms in total. The van der Waals surface area contributed by atoms with Gasteiger partial charge in [-0.05, 0) is 47.9 Å². The summed E-state index contributed by atoms with van der Waals surface area (Å²) in [6.07, 6.45) is 1.36. The number of ether oxygens (including phenoxy) is 1. The van der Waals surface area contributed by atoms with Gasteiger partial charge >= 0.3 is 0 Å². The maximum Gasteiger partial charge on any atom is 0.269 e. The molecule has 0 aliphatic carbocycles. The summed E-state index contributed by atoms with van der Waals surface area (Å²) in [6.45, 7) is 4.28. The first-order chi connectivity index (χ1) is 14.0. The lowest BCUT2D eigenvalue weighted by atomic mass is 10.0. The van der Waals surface area contributed by atoms with Crippen molar-refractivity contribution in [3.05, 3.63) is 66.0 Å². The molecule has 3 rings (SSSR count). The Bertz CT molecular complexity index is 971.